The maximum absolute atomic E-state index is 13.2. The van der Waals surface area contributed by atoms with E-state index < -0.39 is 30.0 Å². The molecule has 188 valence electrons. The molecule has 0 fully saturated rings. The number of alkyl halides is 3. The van der Waals surface area contributed by atoms with Gasteiger partial charge in [0.2, 0.25) is 5.91 Å². The van der Waals surface area contributed by atoms with Crippen molar-refractivity contribution in [3.05, 3.63) is 54.1 Å². The van der Waals surface area contributed by atoms with Crippen molar-refractivity contribution in [2.75, 3.05) is 10.2 Å². The van der Waals surface area contributed by atoms with Crippen LogP contribution in [0.25, 0.3) is 0 Å². The van der Waals surface area contributed by atoms with Gasteiger partial charge in [0.15, 0.2) is 0 Å². The molecule has 0 spiro atoms. The Morgan fingerprint density at radius 1 is 0.943 bits per heavy atom. The summed E-state index contributed by atoms with van der Waals surface area (Å²) >= 11 is 0. The summed E-state index contributed by atoms with van der Waals surface area (Å²) in [5, 5.41) is 2.50. The summed E-state index contributed by atoms with van der Waals surface area (Å²) in [5.74, 6) is -2.33. The molecule has 2 aromatic carbocycles. The van der Waals surface area contributed by atoms with Gasteiger partial charge in [-0.1, -0.05) is 63.6 Å². The topological polar surface area (TPSA) is 75.7 Å². The number of carbonyl (C=O) groups is 3. The molecule has 35 heavy (non-hydrogen) atoms. The van der Waals surface area contributed by atoms with Crippen molar-refractivity contribution >= 4 is 29.1 Å². The number of benzene rings is 2. The summed E-state index contributed by atoms with van der Waals surface area (Å²) < 4.78 is 40.8. The molecular formula is C26H29F3N2O4. The summed E-state index contributed by atoms with van der Waals surface area (Å²) in [6, 6.07) is 10.4. The molecule has 1 atom stereocenters. The molecule has 9 heteroatoms. The van der Waals surface area contributed by atoms with Crippen molar-refractivity contribution in [2.24, 2.45) is 0 Å². The van der Waals surface area contributed by atoms with E-state index in [1.54, 1.807) is 24.3 Å². The van der Waals surface area contributed by atoms with E-state index in [9.17, 15) is 27.6 Å². The van der Waals surface area contributed by atoms with Crippen LogP contribution in [0.5, 0.6) is 5.75 Å². The van der Waals surface area contributed by atoms with E-state index in [2.05, 4.69) is 17.0 Å². The van der Waals surface area contributed by atoms with Gasteiger partial charge in [-0.15, -0.1) is 13.2 Å². The number of rotatable bonds is 11. The third kappa shape index (κ3) is 7.07. The largest absolute Gasteiger partial charge is 0.573 e. The number of imide groups is 1. The van der Waals surface area contributed by atoms with E-state index >= 15 is 0 Å². The minimum Gasteiger partial charge on any atom is -0.406 e. The Balaban J connectivity index is 1.64. The molecule has 0 aromatic heterocycles. The van der Waals surface area contributed by atoms with Crippen LogP contribution < -0.4 is 15.0 Å². The van der Waals surface area contributed by atoms with E-state index in [-0.39, 0.29) is 17.9 Å². The van der Waals surface area contributed by atoms with Gasteiger partial charge < -0.3 is 10.1 Å². The van der Waals surface area contributed by atoms with Gasteiger partial charge >= 0.3 is 12.4 Å². The molecular weight excluding hydrogens is 461 g/mol. The second-order valence-electron chi connectivity index (χ2n) is 8.51. The van der Waals surface area contributed by atoms with Crippen LogP contribution in [0, 0.1) is 0 Å². The zero-order valence-electron chi connectivity index (χ0n) is 19.6. The minimum absolute atomic E-state index is 0.174. The van der Waals surface area contributed by atoms with E-state index in [0.717, 1.165) is 36.3 Å². The van der Waals surface area contributed by atoms with Gasteiger partial charge in [-0.2, -0.15) is 0 Å². The lowest BCUT2D eigenvalue weighted by atomic mass is 9.93. The first kappa shape index (κ1) is 26.2. The Bertz CT molecular complexity index is 1040. The van der Waals surface area contributed by atoms with Gasteiger partial charge in [-0.25, -0.2) is 9.69 Å². The number of carbonyl (C=O) groups excluding carboxylic acids is 3. The van der Waals surface area contributed by atoms with Crippen LogP contribution >= 0.6 is 0 Å². The van der Waals surface area contributed by atoms with E-state index in [1.165, 1.54) is 31.4 Å². The van der Waals surface area contributed by atoms with Crippen molar-refractivity contribution < 1.29 is 32.3 Å². The number of urea groups is 1. The number of amides is 3. The normalized spacial score (nSPS) is 15.1. The molecule has 3 amide bonds. The van der Waals surface area contributed by atoms with Crippen molar-refractivity contribution in [1.82, 2.24) is 0 Å². The van der Waals surface area contributed by atoms with Gasteiger partial charge in [0.05, 0.1) is 5.69 Å². The highest BCUT2D eigenvalue weighted by atomic mass is 19.4. The second-order valence-corrected chi connectivity index (χ2v) is 8.51. The maximum Gasteiger partial charge on any atom is 0.573 e. The molecule has 0 aliphatic carbocycles. The minimum atomic E-state index is -4.83. The molecule has 0 saturated carbocycles. The number of nitrogens with one attached hydrogen (secondary N) is 1. The molecule has 1 unspecified atom stereocenters. The highest BCUT2D eigenvalue weighted by Gasteiger charge is 2.44. The molecule has 3 rings (SSSR count). The second kappa shape index (κ2) is 11.9. The third-order valence-corrected chi connectivity index (χ3v) is 5.85. The molecule has 1 aliphatic rings. The van der Waals surface area contributed by atoms with Gasteiger partial charge in [0.1, 0.15) is 17.5 Å². The molecule has 2 aromatic rings. The fourth-order valence-electron chi connectivity index (χ4n) is 4.16. The van der Waals surface area contributed by atoms with Crippen molar-refractivity contribution in [2.45, 2.75) is 70.6 Å². The predicted molar refractivity (Wildman–Crippen MR) is 126 cm³/mol. The molecule has 0 radical (unpaired) electrons. The van der Waals surface area contributed by atoms with Gasteiger partial charge in [-0.3, -0.25) is 9.59 Å². The van der Waals surface area contributed by atoms with Crippen LogP contribution in [-0.4, -0.2) is 24.1 Å². The highest BCUT2D eigenvalue weighted by molar-refractivity contribution is 6.29. The number of hydrogen-bond acceptors (Lipinski definition) is 4. The quantitative estimate of drug-likeness (QED) is 0.273. The number of nitrogens with zero attached hydrogens (tertiary/aromatic N) is 1. The van der Waals surface area contributed by atoms with Crippen LogP contribution in [0.2, 0.25) is 0 Å². The SMILES string of the molecule is CCCCCCCCCC(=O)C1C(=O)N(C(=O)Nc2ccc(OC(F)(F)F)cc2)c2ccccc21. The number of unbranched alkanes of at least 4 members (excludes halogenated alkanes) is 6. The first-order valence-electron chi connectivity index (χ1n) is 11.8. The van der Waals surface area contributed by atoms with Gasteiger partial charge in [0.25, 0.3) is 0 Å². The molecule has 1 N–H and O–H groups in total. The van der Waals surface area contributed by atoms with E-state index in [4.69, 9.17) is 0 Å². The zero-order chi connectivity index (χ0) is 25.4. The fraction of sp³-hybridized carbons (Fsp3) is 0.423. The Kier molecular flexibility index (Phi) is 8.89. The third-order valence-electron chi connectivity index (χ3n) is 5.85. The van der Waals surface area contributed by atoms with Crippen LogP contribution in [0.3, 0.4) is 0 Å². The van der Waals surface area contributed by atoms with E-state index in [1.807, 2.05) is 0 Å². The zero-order valence-corrected chi connectivity index (χ0v) is 19.6. The summed E-state index contributed by atoms with van der Waals surface area (Å²) in [7, 11) is 0. The van der Waals surface area contributed by atoms with Crippen LogP contribution in [0.4, 0.5) is 29.3 Å². The monoisotopic (exact) mass is 490 g/mol. The molecule has 0 saturated heterocycles. The van der Waals surface area contributed by atoms with E-state index in [0.29, 0.717) is 17.7 Å². The summed E-state index contributed by atoms with van der Waals surface area (Å²) in [6.07, 6.45) is 2.77. The molecule has 6 nitrogen and oxygen atoms in total. The average Bonchev–Trinajstić information content (AvgIpc) is 3.10. The predicted octanol–water partition coefficient (Wildman–Crippen LogP) is 6.96. The number of hydrogen-bond donors (Lipinski definition) is 1. The molecule has 1 heterocycles. The van der Waals surface area contributed by atoms with Gasteiger partial charge in [0, 0.05) is 12.1 Å². The number of Topliss-reactive ketones (excluding diaryl/α,β-unsaturated/α-hetero) is 1. The number of ether oxygens (including phenoxy) is 1. The Morgan fingerprint density at radius 3 is 2.23 bits per heavy atom. The summed E-state index contributed by atoms with van der Waals surface area (Å²) in [4.78, 5) is 39.9. The lowest BCUT2D eigenvalue weighted by molar-refractivity contribution is -0.274. The number of halogens is 3. The standard InChI is InChI=1S/C26H29F3N2O4/c1-2-3-4-5-6-7-8-13-22(32)23-20-11-9-10-12-21(20)31(24(23)33)25(34)30-18-14-16-19(17-15-18)35-26(27,28)29/h9-12,14-17,23H,2-8,13H2,1H3,(H,30,34). The number of para-hydroxylation sites is 1. The van der Waals surface area contributed by atoms with Gasteiger partial charge in [-0.05, 0) is 42.3 Å². The smallest absolute Gasteiger partial charge is 0.406 e. The van der Waals surface area contributed by atoms with Crippen molar-refractivity contribution in [3.63, 3.8) is 0 Å². The summed E-state index contributed by atoms with van der Waals surface area (Å²) in [6.45, 7) is 2.15. The van der Waals surface area contributed by atoms with Crippen LogP contribution in [0.1, 0.15) is 69.8 Å². The fourth-order valence-corrected chi connectivity index (χ4v) is 4.16. The molecule has 0 bridgehead atoms. The average molecular weight is 491 g/mol. The van der Waals surface area contributed by atoms with Crippen LogP contribution in [0.15, 0.2) is 48.5 Å². The number of ketones is 1. The maximum atomic E-state index is 13.2. The Morgan fingerprint density at radius 2 is 1.57 bits per heavy atom. The lowest BCUT2D eigenvalue weighted by Crippen LogP contribution is -2.39. The Hall–Kier alpha value is -3.36. The Labute approximate surface area is 202 Å². The van der Waals surface area contributed by atoms with Crippen molar-refractivity contribution in [1.29, 1.82) is 0 Å². The van der Waals surface area contributed by atoms with Crippen LogP contribution in [-0.2, 0) is 9.59 Å². The summed E-state index contributed by atoms with van der Waals surface area (Å²) in [5.41, 5.74) is 0.979. The lowest BCUT2D eigenvalue weighted by Gasteiger charge is -2.17. The number of fused-ring (bicyclic) bond motifs is 1. The first-order chi connectivity index (χ1) is 16.7. The number of anilines is 2. The highest BCUT2D eigenvalue weighted by Crippen LogP contribution is 2.39. The van der Waals surface area contributed by atoms with Crippen molar-refractivity contribution in [3.8, 4) is 5.75 Å². The molecule has 1 aliphatic heterocycles. The first-order valence-corrected chi connectivity index (χ1v) is 11.8.